The molecule has 1 atom stereocenters. The lowest BCUT2D eigenvalue weighted by molar-refractivity contribution is -0.137. The number of carbonyl (C=O) groups is 3. The van der Waals surface area contributed by atoms with E-state index in [0.717, 1.165) is 16.5 Å². The lowest BCUT2D eigenvalue weighted by Gasteiger charge is -2.19. The molecule has 9 nitrogen and oxygen atoms in total. The van der Waals surface area contributed by atoms with Crippen LogP contribution in [0, 0.1) is 13.8 Å². The SMILES string of the molecule is Cc1coc2cc3oc(=O)c(CC(=O)N[C@H](Cc4ccc(Cl)cc4)C(=O)NCCCC(=O)O)c(C)c3cc12. The highest BCUT2D eigenvalue weighted by Gasteiger charge is 2.23. The van der Waals surface area contributed by atoms with Gasteiger partial charge in [0.1, 0.15) is 17.2 Å². The zero-order chi connectivity index (χ0) is 27.4. The average Bonchev–Trinajstić information content (AvgIpc) is 3.23. The van der Waals surface area contributed by atoms with Crippen molar-refractivity contribution in [3.8, 4) is 0 Å². The van der Waals surface area contributed by atoms with Gasteiger partial charge in [0, 0.05) is 41.2 Å². The molecule has 2 aromatic carbocycles. The number of carbonyl (C=O) groups excluding carboxylic acids is 2. The summed E-state index contributed by atoms with van der Waals surface area (Å²) in [5, 5.41) is 16.3. The van der Waals surface area contributed by atoms with Crippen molar-refractivity contribution in [1.29, 1.82) is 0 Å². The summed E-state index contributed by atoms with van der Waals surface area (Å²) in [4.78, 5) is 49.5. The third kappa shape index (κ3) is 6.23. The van der Waals surface area contributed by atoms with Gasteiger partial charge in [0.15, 0.2) is 0 Å². The first kappa shape index (κ1) is 26.9. The fourth-order valence-corrected chi connectivity index (χ4v) is 4.41. The van der Waals surface area contributed by atoms with Gasteiger partial charge in [-0.25, -0.2) is 4.79 Å². The molecule has 4 aromatic rings. The van der Waals surface area contributed by atoms with Crippen LogP contribution in [0.25, 0.3) is 21.9 Å². The molecule has 2 amide bonds. The second kappa shape index (κ2) is 11.5. The van der Waals surface area contributed by atoms with E-state index in [2.05, 4.69) is 10.6 Å². The third-order valence-electron chi connectivity index (χ3n) is 6.38. The molecule has 3 N–H and O–H groups in total. The second-order valence-electron chi connectivity index (χ2n) is 9.17. The normalized spacial score (nSPS) is 12.0. The Bertz CT molecular complexity index is 1570. The first-order chi connectivity index (χ1) is 18.1. The Kier molecular flexibility index (Phi) is 8.16. The van der Waals surface area contributed by atoms with E-state index < -0.39 is 29.5 Å². The molecule has 2 heterocycles. The fraction of sp³-hybridized carbons (Fsp3) is 0.286. The molecule has 0 aliphatic carbocycles. The van der Waals surface area contributed by atoms with Gasteiger partial charge in [-0.2, -0.15) is 0 Å². The monoisotopic (exact) mass is 538 g/mol. The number of aryl methyl sites for hydroxylation is 2. The van der Waals surface area contributed by atoms with E-state index in [1.165, 1.54) is 0 Å². The lowest BCUT2D eigenvalue weighted by Crippen LogP contribution is -2.49. The molecule has 198 valence electrons. The highest BCUT2D eigenvalue weighted by atomic mass is 35.5. The molecule has 0 saturated carbocycles. The zero-order valence-electron chi connectivity index (χ0n) is 20.9. The summed E-state index contributed by atoms with van der Waals surface area (Å²) in [6, 6.07) is 9.45. The van der Waals surface area contributed by atoms with Crippen LogP contribution >= 0.6 is 11.6 Å². The van der Waals surface area contributed by atoms with Crippen LogP contribution in [0.4, 0.5) is 0 Å². The Morgan fingerprint density at radius 1 is 1.05 bits per heavy atom. The van der Waals surface area contributed by atoms with Crippen molar-refractivity contribution in [3.05, 3.63) is 80.4 Å². The molecule has 0 unspecified atom stereocenters. The van der Waals surface area contributed by atoms with Gasteiger partial charge < -0.3 is 24.6 Å². The summed E-state index contributed by atoms with van der Waals surface area (Å²) in [6.07, 6.45) is 1.69. The fourth-order valence-electron chi connectivity index (χ4n) is 4.29. The predicted molar refractivity (Wildman–Crippen MR) is 142 cm³/mol. The van der Waals surface area contributed by atoms with E-state index in [1.807, 2.05) is 13.0 Å². The van der Waals surface area contributed by atoms with Gasteiger partial charge in [0.2, 0.25) is 11.8 Å². The summed E-state index contributed by atoms with van der Waals surface area (Å²) in [7, 11) is 0. The maximum absolute atomic E-state index is 13.1. The first-order valence-electron chi connectivity index (χ1n) is 12.1. The number of carboxylic acids is 1. The van der Waals surface area contributed by atoms with Gasteiger partial charge in [0.05, 0.1) is 18.2 Å². The van der Waals surface area contributed by atoms with Crippen molar-refractivity contribution < 1.29 is 28.3 Å². The van der Waals surface area contributed by atoms with Crippen LogP contribution in [0.1, 0.15) is 35.1 Å². The Balaban J connectivity index is 1.54. The predicted octanol–water partition coefficient (Wildman–Crippen LogP) is 4.06. The first-order valence-corrected chi connectivity index (χ1v) is 12.5. The minimum Gasteiger partial charge on any atom is -0.481 e. The number of rotatable bonds is 10. The van der Waals surface area contributed by atoms with Gasteiger partial charge in [-0.05, 0) is 55.2 Å². The van der Waals surface area contributed by atoms with Gasteiger partial charge in [-0.1, -0.05) is 23.7 Å². The van der Waals surface area contributed by atoms with E-state index in [-0.39, 0.29) is 37.8 Å². The van der Waals surface area contributed by atoms with Crippen molar-refractivity contribution in [3.63, 3.8) is 0 Å². The molecule has 0 spiro atoms. The van der Waals surface area contributed by atoms with Crippen LogP contribution in [0.2, 0.25) is 5.02 Å². The number of benzene rings is 2. The molecule has 0 bridgehead atoms. The maximum atomic E-state index is 13.1. The molecule has 0 radical (unpaired) electrons. The van der Waals surface area contributed by atoms with Crippen LogP contribution in [-0.2, 0) is 27.2 Å². The summed E-state index contributed by atoms with van der Waals surface area (Å²) >= 11 is 5.96. The van der Waals surface area contributed by atoms with E-state index in [1.54, 1.807) is 43.5 Å². The van der Waals surface area contributed by atoms with Crippen LogP contribution in [-0.4, -0.2) is 35.5 Å². The maximum Gasteiger partial charge on any atom is 0.340 e. The highest BCUT2D eigenvalue weighted by Crippen LogP contribution is 2.28. The number of hydrogen-bond acceptors (Lipinski definition) is 6. The molecular weight excluding hydrogens is 512 g/mol. The average molecular weight is 539 g/mol. The Morgan fingerprint density at radius 3 is 2.50 bits per heavy atom. The molecule has 4 rings (SSSR count). The summed E-state index contributed by atoms with van der Waals surface area (Å²) < 4.78 is 11.0. The number of amides is 2. The topological polar surface area (TPSA) is 139 Å². The number of aliphatic carboxylic acids is 1. The highest BCUT2D eigenvalue weighted by molar-refractivity contribution is 6.30. The molecule has 0 fully saturated rings. The minimum atomic E-state index is -0.960. The van der Waals surface area contributed by atoms with Crippen molar-refractivity contribution in [2.45, 2.75) is 45.6 Å². The van der Waals surface area contributed by atoms with Crippen molar-refractivity contribution >= 4 is 51.3 Å². The van der Waals surface area contributed by atoms with E-state index in [9.17, 15) is 19.2 Å². The third-order valence-corrected chi connectivity index (χ3v) is 6.64. The van der Waals surface area contributed by atoms with E-state index in [4.69, 9.17) is 25.5 Å². The Morgan fingerprint density at radius 2 is 1.79 bits per heavy atom. The van der Waals surface area contributed by atoms with Gasteiger partial charge in [-0.15, -0.1) is 0 Å². The number of nitrogens with one attached hydrogen (secondary N) is 2. The number of carboxylic acid groups (broad SMARTS) is 1. The van der Waals surface area contributed by atoms with Crippen LogP contribution in [0.3, 0.4) is 0 Å². The summed E-state index contributed by atoms with van der Waals surface area (Å²) in [5.41, 5.74) is 2.83. The number of fused-ring (bicyclic) bond motifs is 2. The zero-order valence-corrected chi connectivity index (χ0v) is 21.7. The summed E-state index contributed by atoms with van der Waals surface area (Å²) in [6.45, 7) is 3.81. The van der Waals surface area contributed by atoms with E-state index in [0.29, 0.717) is 27.1 Å². The molecule has 0 aliphatic heterocycles. The van der Waals surface area contributed by atoms with Crippen LogP contribution in [0.15, 0.2) is 56.3 Å². The molecular formula is C28H27ClN2O7. The number of hydrogen-bond donors (Lipinski definition) is 3. The minimum absolute atomic E-state index is 0.0871. The van der Waals surface area contributed by atoms with Gasteiger partial charge >= 0.3 is 11.6 Å². The smallest absolute Gasteiger partial charge is 0.340 e. The largest absolute Gasteiger partial charge is 0.481 e. The number of halogens is 1. The van der Waals surface area contributed by atoms with Crippen molar-refractivity contribution in [2.24, 2.45) is 0 Å². The molecule has 0 aliphatic rings. The van der Waals surface area contributed by atoms with Gasteiger partial charge in [0.25, 0.3) is 0 Å². The standard InChI is InChI=1S/C28H27ClN2O7/c1-15-14-37-23-13-24-20(11-19(15)23)16(2)21(28(36)38-24)12-25(32)31-22(10-17-5-7-18(29)8-6-17)27(35)30-9-3-4-26(33)34/h5-8,11,13-14,22H,3-4,9-10,12H2,1-2H3,(H,30,35)(H,31,32)(H,33,34)/t22-/m1/s1. The van der Waals surface area contributed by atoms with E-state index >= 15 is 0 Å². The lowest BCUT2D eigenvalue weighted by atomic mass is 10.0. The molecule has 10 heteroatoms. The molecule has 0 saturated heterocycles. The van der Waals surface area contributed by atoms with Crippen LogP contribution < -0.4 is 16.3 Å². The Labute approximate surface area is 222 Å². The van der Waals surface area contributed by atoms with Gasteiger partial charge in [-0.3, -0.25) is 14.4 Å². The summed E-state index contributed by atoms with van der Waals surface area (Å²) in [5.74, 6) is -1.95. The van der Waals surface area contributed by atoms with Crippen LogP contribution in [0.5, 0.6) is 0 Å². The molecule has 2 aromatic heterocycles. The Hall–Kier alpha value is -4.11. The van der Waals surface area contributed by atoms with Crippen molar-refractivity contribution in [1.82, 2.24) is 10.6 Å². The second-order valence-corrected chi connectivity index (χ2v) is 9.61. The quantitative estimate of drug-likeness (QED) is 0.204. The number of furan rings is 1. The van der Waals surface area contributed by atoms with Crippen molar-refractivity contribution in [2.75, 3.05) is 6.54 Å². The molecule has 38 heavy (non-hydrogen) atoms.